The van der Waals surface area contributed by atoms with E-state index in [4.69, 9.17) is 4.42 Å². The Hall–Kier alpha value is -3.14. The van der Waals surface area contributed by atoms with Gasteiger partial charge in [-0.3, -0.25) is 9.59 Å². The molecule has 0 radical (unpaired) electrons. The standard InChI is InChI=1S/C18H11NO3/c20-17-11(10-22-16-8-4-2-6-13(16)17)9-14-12-5-1-3-7-15(12)19-18(14)21/h1-10H,(H,19,21)/b14-9+. The van der Waals surface area contributed by atoms with E-state index in [1.807, 2.05) is 30.3 Å². The Bertz CT molecular complexity index is 998. The van der Waals surface area contributed by atoms with Gasteiger partial charge in [0, 0.05) is 16.8 Å². The lowest BCUT2D eigenvalue weighted by molar-refractivity contribution is -0.110. The second kappa shape index (κ2) is 4.70. The fourth-order valence-electron chi connectivity index (χ4n) is 2.63. The van der Waals surface area contributed by atoms with E-state index in [1.165, 1.54) is 6.26 Å². The molecule has 22 heavy (non-hydrogen) atoms. The largest absolute Gasteiger partial charge is 0.463 e. The molecule has 3 aromatic rings. The van der Waals surface area contributed by atoms with Gasteiger partial charge in [0.05, 0.1) is 10.9 Å². The minimum Gasteiger partial charge on any atom is -0.463 e. The zero-order valence-corrected chi connectivity index (χ0v) is 11.5. The first-order chi connectivity index (χ1) is 10.7. The van der Waals surface area contributed by atoms with Crippen LogP contribution in [0.2, 0.25) is 0 Å². The molecule has 4 nitrogen and oxygen atoms in total. The number of para-hydroxylation sites is 2. The van der Waals surface area contributed by atoms with Gasteiger partial charge < -0.3 is 9.73 Å². The number of amides is 1. The Morgan fingerprint density at radius 1 is 0.955 bits per heavy atom. The maximum atomic E-state index is 12.5. The lowest BCUT2D eigenvalue weighted by Crippen LogP contribution is -2.07. The normalized spacial score (nSPS) is 15.1. The fourth-order valence-corrected chi connectivity index (χ4v) is 2.63. The van der Waals surface area contributed by atoms with Crippen molar-refractivity contribution in [2.75, 3.05) is 5.32 Å². The van der Waals surface area contributed by atoms with Crippen molar-refractivity contribution < 1.29 is 9.21 Å². The Balaban J connectivity index is 1.92. The van der Waals surface area contributed by atoms with Gasteiger partial charge in [0.2, 0.25) is 0 Å². The molecule has 2 heterocycles. The first-order valence-corrected chi connectivity index (χ1v) is 6.87. The first kappa shape index (κ1) is 12.6. The maximum Gasteiger partial charge on any atom is 0.256 e. The first-order valence-electron chi connectivity index (χ1n) is 6.87. The van der Waals surface area contributed by atoms with Crippen LogP contribution in [0.25, 0.3) is 22.6 Å². The second-order valence-electron chi connectivity index (χ2n) is 5.07. The number of hydrogen-bond acceptors (Lipinski definition) is 3. The van der Waals surface area contributed by atoms with Crippen molar-refractivity contribution in [2.24, 2.45) is 0 Å². The number of rotatable bonds is 1. The van der Waals surface area contributed by atoms with Crippen molar-refractivity contribution in [3.63, 3.8) is 0 Å². The van der Waals surface area contributed by atoms with Crippen LogP contribution in [0.15, 0.2) is 64.0 Å². The molecule has 0 saturated carbocycles. The molecule has 0 unspecified atom stereocenters. The molecule has 1 N–H and O–H groups in total. The molecule has 2 aromatic carbocycles. The molecule has 4 heteroatoms. The summed E-state index contributed by atoms with van der Waals surface area (Å²) in [5.74, 6) is -0.214. The van der Waals surface area contributed by atoms with E-state index < -0.39 is 0 Å². The second-order valence-corrected chi connectivity index (χ2v) is 5.07. The summed E-state index contributed by atoms with van der Waals surface area (Å²) in [7, 11) is 0. The lowest BCUT2D eigenvalue weighted by atomic mass is 10.0. The molecule has 4 rings (SSSR count). The third kappa shape index (κ3) is 1.85. The molecule has 1 aliphatic rings. The van der Waals surface area contributed by atoms with E-state index in [0.717, 1.165) is 11.3 Å². The van der Waals surface area contributed by atoms with Crippen molar-refractivity contribution in [3.8, 4) is 0 Å². The SMILES string of the molecule is O=C1Nc2ccccc2/C1=C\c1coc2ccccc2c1=O. The molecule has 0 spiro atoms. The number of hydrogen-bond donors (Lipinski definition) is 1. The van der Waals surface area contributed by atoms with Crippen LogP contribution in [0.1, 0.15) is 11.1 Å². The quantitative estimate of drug-likeness (QED) is 0.699. The van der Waals surface area contributed by atoms with Crippen LogP contribution in [-0.2, 0) is 4.79 Å². The summed E-state index contributed by atoms with van der Waals surface area (Å²) in [6, 6.07) is 14.4. The van der Waals surface area contributed by atoms with E-state index in [1.54, 1.807) is 24.3 Å². The van der Waals surface area contributed by atoms with Gasteiger partial charge in [0.25, 0.3) is 5.91 Å². The lowest BCUT2D eigenvalue weighted by Gasteiger charge is -2.00. The summed E-state index contributed by atoms with van der Waals surface area (Å²) in [6.45, 7) is 0. The van der Waals surface area contributed by atoms with Crippen molar-refractivity contribution in [2.45, 2.75) is 0 Å². The summed E-state index contributed by atoms with van der Waals surface area (Å²) in [5, 5.41) is 3.29. The van der Waals surface area contributed by atoms with Gasteiger partial charge in [-0.1, -0.05) is 30.3 Å². The van der Waals surface area contributed by atoms with Crippen molar-refractivity contribution in [1.82, 2.24) is 0 Å². The summed E-state index contributed by atoms with van der Waals surface area (Å²) >= 11 is 0. The van der Waals surface area contributed by atoms with Crippen LogP contribution in [0.5, 0.6) is 0 Å². The third-order valence-corrected chi connectivity index (χ3v) is 3.72. The highest BCUT2D eigenvalue weighted by atomic mass is 16.3. The molecule has 0 fully saturated rings. The zero-order chi connectivity index (χ0) is 15.1. The predicted molar refractivity (Wildman–Crippen MR) is 85.4 cm³/mol. The molecule has 0 bridgehead atoms. The molecule has 0 aliphatic carbocycles. The van der Waals surface area contributed by atoms with Gasteiger partial charge in [0.1, 0.15) is 11.8 Å². The molecule has 1 aromatic heterocycles. The molecule has 106 valence electrons. The van der Waals surface area contributed by atoms with Crippen LogP contribution in [0.3, 0.4) is 0 Å². The summed E-state index contributed by atoms with van der Waals surface area (Å²) in [4.78, 5) is 24.6. The fraction of sp³-hybridized carbons (Fsp3) is 0. The molecule has 0 saturated heterocycles. The minimum atomic E-state index is -0.214. The van der Waals surface area contributed by atoms with Crippen molar-refractivity contribution in [3.05, 3.63) is 76.1 Å². The average molecular weight is 289 g/mol. The van der Waals surface area contributed by atoms with Crippen LogP contribution < -0.4 is 10.7 Å². The molecular formula is C18H11NO3. The Kier molecular flexibility index (Phi) is 2.69. The number of nitrogens with one attached hydrogen (secondary N) is 1. The van der Waals surface area contributed by atoms with Gasteiger partial charge in [-0.15, -0.1) is 0 Å². The van der Waals surface area contributed by atoms with Gasteiger partial charge in [-0.2, -0.15) is 0 Å². The number of anilines is 1. The van der Waals surface area contributed by atoms with E-state index in [-0.39, 0.29) is 11.3 Å². The summed E-state index contributed by atoms with van der Waals surface area (Å²) in [6.07, 6.45) is 2.98. The third-order valence-electron chi connectivity index (χ3n) is 3.72. The summed E-state index contributed by atoms with van der Waals surface area (Å²) < 4.78 is 5.48. The van der Waals surface area contributed by atoms with E-state index in [9.17, 15) is 9.59 Å². The monoisotopic (exact) mass is 289 g/mol. The zero-order valence-electron chi connectivity index (χ0n) is 11.5. The van der Waals surface area contributed by atoms with E-state index in [2.05, 4.69) is 5.32 Å². The highest BCUT2D eigenvalue weighted by molar-refractivity contribution is 6.34. The van der Waals surface area contributed by atoms with Crippen LogP contribution >= 0.6 is 0 Å². The molecule has 1 amide bonds. The number of benzene rings is 2. The smallest absolute Gasteiger partial charge is 0.256 e. The maximum absolute atomic E-state index is 12.5. The molecule has 0 atom stereocenters. The highest BCUT2D eigenvalue weighted by Gasteiger charge is 2.23. The number of fused-ring (bicyclic) bond motifs is 2. The predicted octanol–water partition coefficient (Wildman–Crippen LogP) is 3.29. The molecule has 1 aliphatic heterocycles. The minimum absolute atomic E-state index is 0.147. The van der Waals surface area contributed by atoms with Crippen LogP contribution in [-0.4, -0.2) is 5.91 Å². The van der Waals surface area contributed by atoms with E-state index >= 15 is 0 Å². The van der Waals surface area contributed by atoms with Crippen molar-refractivity contribution in [1.29, 1.82) is 0 Å². The highest BCUT2D eigenvalue weighted by Crippen LogP contribution is 2.32. The Morgan fingerprint density at radius 2 is 1.73 bits per heavy atom. The number of carbonyl (C=O) groups is 1. The van der Waals surface area contributed by atoms with Gasteiger partial charge in [0.15, 0.2) is 5.43 Å². The number of carbonyl (C=O) groups excluding carboxylic acids is 1. The van der Waals surface area contributed by atoms with Gasteiger partial charge >= 0.3 is 0 Å². The van der Waals surface area contributed by atoms with Crippen LogP contribution in [0.4, 0.5) is 5.69 Å². The van der Waals surface area contributed by atoms with Crippen LogP contribution in [0, 0.1) is 0 Å². The topological polar surface area (TPSA) is 59.3 Å². The molecular weight excluding hydrogens is 278 g/mol. The van der Waals surface area contributed by atoms with E-state index in [0.29, 0.717) is 22.1 Å². The Labute approximate surface area is 125 Å². The van der Waals surface area contributed by atoms with Crippen molar-refractivity contribution >= 4 is 34.2 Å². The van der Waals surface area contributed by atoms with Gasteiger partial charge in [-0.25, -0.2) is 0 Å². The average Bonchev–Trinajstić information content (AvgIpc) is 2.86. The Morgan fingerprint density at radius 3 is 2.64 bits per heavy atom. The summed E-state index contributed by atoms with van der Waals surface area (Å²) in [5.41, 5.74) is 2.76. The van der Waals surface area contributed by atoms with Gasteiger partial charge in [-0.05, 0) is 24.3 Å².